The Morgan fingerprint density at radius 1 is 0.400 bits per heavy atom. The van der Waals surface area contributed by atoms with Gasteiger partial charge in [0.1, 0.15) is 0 Å². The number of ether oxygens (including phenoxy) is 2. The number of para-hydroxylation sites is 3. The number of hydrogen-bond donors (Lipinski definition) is 0. The molecule has 0 atom stereocenters. The van der Waals surface area contributed by atoms with Crippen molar-refractivity contribution in [3.8, 4) is 62.6 Å². The minimum atomic E-state index is 0.683. The fourth-order valence-electron chi connectivity index (χ4n) is 6.12. The SMILES string of the molecule is c1ccc(-c2cc(-c3ccccc3)nc(-c3ccc(-n4c5ccccc5c5cc6c(cc54)Oc4ccccc4O6)cc3)n2)cc1. The molecule has 0 bridgehead atoms. The highest BCUT2D eigenvalue weighted by molar-refractivity contribution is 6.10. The Kier molecular flexibility index (Phi) is 5.74. The van der Waals surface area contributed by atoms with E-state index in [4.69, 9.17) is 19.4 Å². The molecular formula is C40H25N3O2. The quantitative estimate of drug-likeness (QED) is 0.208. The molecule has 0 spiro atoms. The molecule has 0 aliphatic carbocycles. The summed E-state index contributed by atoms with van der Waals surface area (Å²) >= 11 is 0. The average Bonchev–Trinajstić information content (AvgIpc) is 3.43. The van der Waals surface area contributed by atoms with Crippen LogP contribution in [0.4, 0.5) is 0 Å². The van der Waals surface area contributed by atoms with Crippen LogP contribution in [0.2, 0.25) is 0 Å². The summed E-state index contributed by atoms with van der Waals surface area (Å²) < 4.78 is 14.8. The molecule has 5 heteroatoms. The van der Waals surface area contributed by atoms with Gasteiger partial charge in [0.2, 0.25) is 0 Å². The highest BCUT2D eigenvalue weighted by atomic mass is 16.6. The zero-order valence-corrected chi connectivity index (χ0v) is 24.1. The van der Waals surface area contributed by atoms with E-state index in [0.29, 0.717) is 23.1 Å². The fourth-order valence-corrected chi connectivity index (χ4v) is 6.12. The van der Waals surface area contributed by atoms with Crippen molar-refractivity contribution >= 4 is 21.8 Å². The van der Waals surface area contributed by atoms with Crippen LogP contribution in [0.1, 0.15) is 0 Å². The van der Waals surface area contributed by atoms with Gasteiger partial charge in [-0.1, -0.05) is 91.0 Å². The van der Waals surface area contributed by atoms with Crippen molar-refractivity contribution in [1.82, 2.24) is 14.5 Å². The minimum absolute atomic E-state index is 0.683. The number of nitrogens with zero attached hydrogens (tertiary/aromatic N) is 3. The maximum Gasteiger partial charge on any atom is 0.172 e. The number of benzene rings is 6. The first-order valence-corrected chi connectivity index (χ1v) is 14.9. The zero-order chi connectivity index (χ0) is 29.7. The molecule has 0 N–H and O–H groups in total. The van der Waals surface area contributed by atoms with Crippen molar-refractivity contribution < 1.29 is 9.47 Å². The van der Waals surface area contributed by atoms with Gasteiger partial charge in [-0.05, 0) is 54.6 Å². The van der Waals surface area contributed by atoms with Gasteiger partial charge in [-0.25, -0.2) is 9.97 Å². The van der Waals surface area contributed by atoms with Crippen molar-refractivity contribution in [1.29, 1.82) is 0 Å². The van der Waals surface area contributed by atoms with Gasteiger partial charge in [0.05, 0.1) is 22.4 Å². The molecule has 5 nitrogen and oxygen atoms in total. The molecule has 0 fully saturated rings. The summed E-state index contributed by atoms with van der Waals surface area (Å²) in [6.45, 7) is 0. The molecule has 1 aliphatic rings. The van der Waals surface area contributed by atoms with E-state index in [1.165, 1.54) is 0 Å². The summed E-state index contributed by atoms with van der Waals surface area (Å²) in [6, 6.07) is 51.4. The lowest BCUT2D eigenvalue weighted by Crippen LogP contribution is -2.00. The van der Waals surface area contributed by atoms with E-state index in [0.717, 1.165) is 61.3 Å². The topological polar surface area (TPSA) is 49.2 Å². The average molecular weight is 580 g/mol. The first-order valence-electron chi connectivity index (χ1n) is 14.9. The van der Waals surface area contributed by atoms with Gasteiger partial charge in [-0.3, -0.25) is 0 Å². The molecule has 45 heavy (non-hydrogen) atoms. The standard InChI is InChI=1S/C40H25N3O2/c1-3-11-26(12-4-1)32-24-33(27-13-5-2-6-14-27)42-40(41-32)28-19-21-29(22-20-28)43-34-16-8-7-15-30(34)31-23-38-39(25-35(31)43)45-37-18-10-9-17-36(37)44-38/h1-25H. The van der Waals surface area contributed by atoms with Gasteiger partial charge in [0.25, 0.3) is 0 Å². The molecule has 2 aromatic heterocycles. The van der Waals surface area contributed by atoms with Crippen LogP contribution in [0.5, 0.6) is 23.0 Å². The lowest BCUT2D eigenvalue weighted by molar-refractivity contribution is 0.360. The van der Waals surface area contributed by atoms with Crippen molar-refractivity contribution in [2.24, 2.45) is 0 Å². The Balaban J connectivity index is 1.17. The third-order valence-electron chi connectivity index (χ3n) is 8.28. The van der Waals surface area contributed by atoms with Gasteiger partial charge >= 0.3 is 0 Å². The predicted octanol–water partition coefficient (Wildman–Crippen LogP) is 10.5. The number of rotatable bonds is 4. The second kappa shape index (κ2) is 10.2. The maximum absolute atomic E-state index is 6.29. The van der Waals surface area contributed by atoms with Gasteiger partial charge in [0, 0.05) is 39.2 Å². The normalized spacial score (nSPS) is 11.9. The van der Waals surface area contributed by atoms with Crippen LogP contribution in [-0.2, 0) is 0 Å². The van der Waals surface area contributed by atoms with E-state index in [2.05, 4.69) is 95.6 Å². The summed E-state index contributed by atoms with van der Waals surface area (Å²) in [4.78, 5) is 10.0. The van der Waals surface area contributed by atoms with Gasteiger partial charge in [-0.15, -0.1) is 0 Å². The van der Waals surface area contributed by atoms with Crippen molar-refractivity contribution in [3.05, 3.63) is 152 Å². The summed E-state index contributed by atoms with van der Waals surface area (Å²) in [7, 11) is 0. The summed E-state index contributed by atoms with van der Waals surface area (Å²) in [5.41, 5.74) is 8.01. The largest absolute Gasteiger partial charge is 0.449 e. The lowest BCUT2D eigenvalue weighted by atomic mass is 10.1. The Morgan fingerprint density at radius 3 is 1.60 bits per heavy atom. The molecule has 0 unspecified atom stereocenters. The van der Waals surface area contributed by atoms with Gasteiger partial charge in [0.15, 0.2) is 28.8 Å². The van der Waals surface area contributed by atoms with Crippen molar-refractivity contribution in [3.63, 3.8) is 0 Å². The Bertz CT molecular complexity index is 2310. The molecule has 0 saturated heterocycles. The Labute approximate surface area is 259 Å². The lowest BCUT2D eigenvalue weighted by Gasteiger charge is -2.20. The zero-order valence-electron chi connectivity index (χ0n) is 24.1. The second-order valence-corrected chi connectivity index (χ2v) is 11.1. The van der Waals surface area contributed by atoms with E-state index >= 15 is 0 Å². The number of aromatic nitrogens is 3. The van der Waals surface area contributed by atoms with Crippen LogP contribution in [0.15, 0.2) is 152 Å². The molecule has 212 valence electrons. The van der Waals surface area contributed by atoms with Crippen LogP contribution in [-0.4, -0.2) is 14.5 Å². The third-order valence-corrected chi connectivity index (χ3v) is 8.28. The van der Waals surface area contributed by atoms with E-state index in [1.54, 1.807) is 0 Å². The van der Waals surface area contributed by atoms with E-state index in [9.17, 15) is 0 Å². The first-order chi connectivity index (χ1) is 22.3. The van der Waals surface area contributed by atoms with Crippen LogP contribution in [0.3, 0.4) is 0 Å². The highest BCUT2D eigenvalue weighted by Crippen LogP contribution is 2.48. The number of fused-ring (bicyclic) bond motifs is 5. The van der Waals surface area contributed by atoms with Crippen LogP contribution < -0.4 is 9.47 Å². The van der Waals surface area contributed by atoms with E-state index in [-0.39, 0.29) is 0 Å². The molecule has 0 saturated carbocycles. The Hall–Kier alpha value is -6.20. The van der Waals surface area contributed by atoms with Crippen LogP contribution in [0, 0.1) is 0 Å². The number of hydrogen-bond acceptors (Lipinski definition) is 4. The highest BCUT2D eigenvalue weighted by Gasteiger charge is 2.22. The van der Waals surface area contributed by atoms with E-state index < -0.39 is 0 Å². The molecule has 6 aromatic carbocycles. The minimum Gasteiger partial charge on any atom is -0.449 e. The van der Waals surface area contributed by atoms with Gasteiger partial charge < -0.3 is 14.0 Å². The van der Waals surface area contributed by atoms with Crippen molar-refractivity contribution in [2.75, 3.05) is 0 Å². The molecule has 9 rings (SSSR count). The molecule has 3 heterocycles. The molecule has 0 radical (unpaired) electrons. The Morgan fingerprint density at radius 2 is 0.956 bits per heavy atom. The second-order valence-electron chi connectivity index (χ2n) is 11.1. The van der Waals surface area contributed by atoms with Gasteiger partial charge in [-0.2, -0.15) is 0 Å². The molecule has 1 aliphatic heterocycles. The van der Waals surface area contributed by atoms with Crippen LogP contribution >= 0.6 is 0 Å². The monoisotopic (exact) mass is 579 g/mol. The molecule has 0 amide bonds. The van der Waals surface area contributed by atoms with Crippen molar-refractivity contribution in [2.45, 2.75) is 0 Å². The predicted molar refractivity (Wildman–Crippen MR) is 179 cm³/mol. The molecule has 8 aromatic rings. The fraction of sp³-hybridized carbons (Fsp3) is 0. The summed E-state index contributed by atoms with van der Waals surface area (Å²) in [6.07, 6.45) is 0. The third kappa shape index (κ3) is 4.33. The van der Waals surface area contributed by atoms with E-state index in [1.807, 2.05) is 60.7 Å². The maximum atomic E-state index is 6.29. The van der Waals surface area contributed by atoms with Crippen LogP contribution in [0.25, 0.3) is 61.4 Å². The summed E-state index contributed by atoms with van der Waals surface area (Å²) in [5, 5.41) is 2.25. The molecular weight excluding hydrogens is 554 g/mol. The smallest absolute Gasteiger partial charge is 0.172 e. The summed E-state index contributed by atoms with van der Waals surface area (Å²) in [5.74, 6) is 3.52. The first kappa shape index (κ1) is 25.3.